The quantitative estimate of drug-likeness (QED) is 0.790. The molecule has 3 N–H and O–H groups in total. The number of rotatable bonds is 5. The number of amides is 1. The molecule has 1 amide bonds. The number of carbonyl (C=O) groups excluding carboxylic acids is 1. The van der Waals surface area contributed by atoms with E-state index in [-0.39, 0.29) is 16.9 Å². The number of hydrogen-bond donors (Lipinski definition) is 2. The lowest BCUT2D eigenvalue weighted by atomic mass is 9.70. The van der Waals surface area contributed by atoms with Crippen molar-refractivity contribution in [3.05, 3.63) is 0 Å². The molecule has 2 saturated carbocycles. The van der Waals surface area contributed by atoms with Crippen molar-refractivity contribution in [2.24, 2.45) is 11.1 Å². The second-order valence-electron chi connectivity index (χ2n) is 6.48. The van der Waals surface area contributed by atoms with Gasteiger partial charge in [0.2, 0.25) is 5.91 Å². The molecule has 3 nitrogen and oxygen atoms in total. The van der Waals surface area contributed by atoms with Gasteiger partial charge in [-0.25, -0.2) is 0 Å². The lowest BCUT2D eigenvalue weighted by Gasteiger charge is -2.43. The molecule has 0 spiro atoms. The second kappa shape index (κ2) is 5.60. The third-order valence-corrected chi connectivity index (χ3v) is 5.27. The van der Waals surface area contributed by atoms with Gasteiger partial charge in [0.25, 0.3) is 0 Å². The van der Waals surface area contributed by atoms with Crippen molar-refractivity contribution in [3.8, 4) is 0 Å². The highest BCUT2D eigenvalue weighted by atomic mass is 16.1. The molecule has 2 fully saturated rings. The summed E-state index contributed by atoms with van der Waals surface area (Å²) in [5, 5.41) is 3.29. The fourth-order valence-electron chi connectivity index (χ4n) is 3.61. The average molecular weight is 252 g/mol. The van der Waals surface area contributed by atoms with Gasteiger partial charge in [0.1, 0.15) is 0 Å². The molecule has 18 heavy (non-hydrogen) atoms. The summed E-state index contributed by atoms with van der Waals surface area (Å²) in [4.78, 5) is 12.3. The highest BCUT2D eigenvalue weighted by Gasteiger charge is 2.39. The molecular weight excluding hydrogens is 224 g/mol. The zero-order valence-electron chi connectivity index (χ0n) is 11.8. The third-order valence-electron chi connectivity index (χ3n) is 5.27. The maximum absolute atomic E-state index is 12.3. The van der Waals surface area contributed by atoms with E-state index in [1.54, 1.807) is 0 Å². The molecule has 0 radical (unpaired) electrons. The van der Waals surface area contributed by atoms with Crippen LogP contribution in [0.5, 0.6) is 0 Å². The number of nitrogens with one attached hydrogen (secondary N) is 1. The fraction of sp³-hybridized carbons (Fsp3) is 0.933. The summed E-state index contributed by atoms with van der Waals surface area (Å²) in [5.74, 6) is 0.240. The molecular formula is C15H28N2O. The van der Waals surface area contributed by atoms with Crippen molar-refractivity contribution in [2.45, 2.75) is 76.7 Å². The lowest BCUT2D eigenvalue weighted by molar-refractivity contribution is -0.127. The van der Waals surface area contributed by atoms with Crippen molar-refractivity contribution in [2.75, 3.05) is 6.54 Å². The molecule has 3 heteroatoms. The van der Waals surface area contributed by atoms with Gasteiger partial charge >= 0.3 is 0 Å². The van der Waals surface area contributed by atoms with Gasteiger partial charge in [0.05, 0.1) is 0 Å². The van der Waals surface area contributed by atoms with Crippen molar-refractivity contribution in [3.63, 3.8) is 0 Å². The van der Waals surface area contributed by atoms with Gasteiger partial charge in [-0.15, -0.1) is 0 Å². The van der Waals surface area contributed by atoms with Gasteiger partial charge < -0.3 is 11.1 Å². The van der Waals surface area contributed by atoms with E-state index in [1.165, 1.54) is 25.7 Å². The third kappa shape index (κ3) is 2.87. The zero-order chi connectivity index (χ0) is 13.1. The largest absolute Gasteiger partial charge is 0.351 e. The summed E-state index contributed by atoms with van der Waals surface area (Å²) in [5.41, 5.74) is 6.17. The summed E-state index contributed by atoms with van der Waals surface area (Å²) in [7, 11) is 0. The van der Waals surface area contributed by atoms with E-state index in [9.17, 15) is 4.79 Å². The van der Waals surface area contributed by atoms with Gasteiger partial charge in [-0.1, -0.05) is 26.2 Å². The van der Waals surface area contributed by atoms with Crippen LogP contribution in [0.4, 0.5) is 0 Å². The van der Waals surface area contributed by atoms with Crippen LogP contribution in [-0.2, 0) is 4.79 Å². The standard InChI is InChI=1S/C15H28N2O/c1-2-15(9-6-10-15)17-13(18)11-14(12-16)7-4-3-5-8-14/h2-12,16H2,1H3,(H,17,18). The van der Waals surface area contributed by atoms with Gasteiger partial charge in [-0.3, -0.25) is 4.79 Å². The molecule has 2 aliphatic rings. The first-order valence-corrected chi connectivity index (χ1v) is 7.65. The molecule has 0 atom stereocenters. The minimum absolute atomic E-state index is 0.0982. The van der Waals surface area contributed by atoms with E-state index in [1.807, 2.05) is 0 Å². The molecule has 0 saturated heterocycles. The van der Waals surface area contributed by atoms with Crippen LogP contribution in [0.1, 0.15) is 71.1 Å². The summed E-state index contributed by atoms with van der Waals surface area (Å²) in [6.07, 6.45) is 11.3. The maximum atomic E-state index is 12.3. The Balaban J connectivity index is 1.89. The summed E-state index contributed by atoms with van der Waals surface area (Å²) in [6, 6.07) is 0. The van der Waals surface area contributed by atoms with Crippen LogP contribution in [-0.4, -0.2) is 18.0 Å². The van der Waals surface area contributed by atoms with Crippen LogP contribution in [0.25, 0.3) is 0 Å². The van der Waals surface area contributed by atoms with Crippen LogP contribution in [0.2, 0.25) is 0 Å². The normalized spacial score (nSPS) is 25.2. The molecule has 2 rings (SSSR count). The fourth-order valence-corrected chi connectivity index (χ4v) is 3.61. The Labute approximate surface area is 111 Å². The van der Waals surface area contributed by atoms with Gasteiger partial charge in [0, 0.05) is 12.0 Å². The monoisotopic (exact) mass is 252 g/mol. The topological polar surface area (TPSA) is 55.1 Å². The van der Waals surface area contributed by atoms with Crippen molar-refractivity contribution < 1.29 is 4.79 Å². The number of hydrogen-bond acceptors (Lipinski definition) is 2. The van der Waals surface area contributed by atoms with Crippen LogP contribution >= 0.6 is 0 Å². The Morgan fingerprint density at radius 2 is 1.78 bits per heavy atom. The van der Waals surface area contributed by atoms with E-state index >= 15 is 0 Å². The first-order valence-electron chi connectivity index (χ1n) is 7.65. The number of nitrogens with two attached hydrogens (primary N) is 1. The molecule has 104 valence electrons. The Morgan fingerprint density at radius 1 is 1.11 bits per heavy atom. The minimum atomic E-state index is 0.0982. The molecule has 0 aromatic rings. The Hall–Kier alpha value is -0.570. The van der Waals surface area contributed by atoms with E-state index in [4.69, 9.17) is 5.73 Å². The molecule has 0 aliphatic heterocycles. The highest BCUT2D eigenvalue weighted by molar-refractivity contribution is 5.77. The smallest absolute Gasteiger partial charge is 0.221 e. The van der Waals surface area contributed by atoms with Gasteiger partial charge in [-0.2, -0.15) is 0 Å². The highest BCUT2D eigenvalue weighted by Crippen LogP contribution is 2.39. The van der Waals surface area contributed by atoms with Crippen molar-refractivity contribution >= 4 is 5.91 Å². The van der Waals surface area contributed by atoms with Gasteiger partial charge in [0.15, 0.2) is 0 Å². The maximum Gasteiger partial charge on any atom is 0.221 e. The number of carbonyl (C=O) groups is 1. The molecule has 2 aliphatic carbocycles. The minimum Gasteiger partial charge on any atom is -0.351 e. The predicted octanol–water partition coefficient (Wildman–Crippen LogP) is 2.73. The lowest BCUT2D eigenvalue weighted by Crippen LogP contribution is -2.54. The van der Waals surface area contributed by atoms with Crippen LogP contribution < -0.4 is 11.1 Å². The average Bonchev–Trinajstić information content (AvgIpc) is 2.35. The SMILES string of the molecule is CCC1(NC(=O)CC2(CN)CCCCC2)CCC1. The van der Waals surface area contributed by atoms with Crippen LogP contribution in [0.15, 0.2) is 0 Å². The molecule has 0 heterocycles. The van der Waals surface area contributed by atoms with Crippen molar-refractivity contribution in [1.82, 2.24) is 5.32 Å². The first kappa shape index (κ1) is 13.9. The Bertz CT molecular complexity index is 285. The zero-order valence-corrected chi connectivity index (χ0v) is 11.8. The Morgan fingerprint density at radius 3 is 2.22 bits per heavy atom. The Kier molecular flexibility index (Phi) is 4.31. The van der Waals surface area contributed by atoms with E-state index < -0.39 is 0 Å². The molecule has 0 aromatic carbocycles. The van der Waals surface area contributed by atoms with Gasteiger partial charge in [-0.05, 0) is 50.5 Å². The molecule has 0 aromatic heterocycles. The van der Waals surface area contributed by atoms with Crippen LogP contribution in [0.3, 0.4) is 0 Å². The first-order chi connectivity index (χ1) is 8.64. The van der Waals surface area contributed by atoms with Crippen molar-refractivity contribution in [1.29, 1.82) is 0 Å². The predicted molar refractivity (Wildman–Crippen MR) is 74.2 cm³/mol. The summed E-state index contributed by atoms with van der Waals surface area (Å²) in [6.45, 7) is 2.85. The van der Waals surface area contributed by atoms with E-state index in [2.05, 4.69) is 12.2 Å². The summed E-state index contributed by atoms with van der Waals surface area (Å²) >= 11 is 0. The summed E-state index contributed by atoms with van der Waals surface area (Å²) < 4.78 is 0. The van der Waals surface area contributed by atoms with E-state index in [0.717, 1.165) is 32.1 Å². The van der Waals surface area contributed by atoms with E-state index in [0.29, 0.717) is 13.0 Å². The molecule has 0 unspecified atom stereocenters. The second-order valence-corrected chi connectivity index (χ2v) is 6.48. The van der Waals surface area contributed by atoms with Crippen LogP contribution in [0, 0.1) is 5.41 Å². The molecule has 0 bridgehead atoms.